The fourth-order valence-corrected chi connectivity index (χ4v) is 3.23. The molecule has 1 aromatic heterocycles. The molecule has 16 heavy (non-hydrogen) atoms. The quantitative estimate of drug-likeness (QED) is 0.823. The molecular formula is C12H17NO2S. The SMILES string of the molecule is COC(=O)c1sccc1C1(C(C)(C)N)CC1. The van der Waals surface area contributed by atoms with Crippen LogP contribution in [0.25, 0.3) is 0 Å². The van der Waals surface area contributed by atoms with Crippen molar-refractivity contribution >= 4 is 17.3 Å². The Kier molecular flexibility index (Phi) is 2.59. The molecule has 2 N–H and O–H groups in total. The summed E-state index contributed by atoms with van der Waals surface area (Å²) < 4.78 is 4.80. The van der Waals surface area contributed by atoms with Gasteiger partial charge in [0.2, 0.25) is 0 Å². The van der Waals surface area contributed by atoms with Crippen LogP contribution in [0.1, 0.15) is 41.9 Å². The normalized spacial score (nSPS) is 18.2. The smallest absolute Gasteiger partial charge is 0.348 e. The van der Waals surface area contributed by atoms with E-state index in [1.165, 1.54) is 18.4 Å². The number of carbonyl (C=O) groups is 1. The van der Waals surface area contributed by atoms with E-state index in [2.05, 4.69) is 0 Å². The van der Waals surface area contributed by atoms with Crippen molar-refractivity contribution in [2.75, 3.05) is 7.11 Å². The van der Waals surface area contributed by atoms with E-state index in [1.807, 2.05) is 25.3 Å². The van der Waals surface area contributed by atoms with Crippen LogP contribution in [0.3, 0.4) is 0 Å². The van der Waals surface area contributed by atoms with Crippen molar-refractivity contribution < 1.29 is 9.53 Å². The van der Waals surface area contributed by atoms with Crippen molar-refractivity contribution in [3.63, 3.8) is 0 Å². The van der Waals surface area contributed by atoms with Gasteiger partial charge in [-0.05, 0) is 43.7 Å². The third-order valence-corrected chi connectivity index (χ3v) is 4.43. The van der Waals surface area contributed by atoms with Gasteiger partial charge in [0, 0.05) is 11.0 Å². The van der Waals surface area contributed by atoms with Crippen LogP contribution in [-0.2, 0) is 10.2 Å². The van der Waals surface area contributed by atoms with Crippen LogP contribution in [0.2, 0.25) is 0 Å². The fourth-order valence-electron chi connectivity index (χ4n) is 2.32. The minimum atomic E-state index is -0.295. The van der Waals surface area contributed by atoms with E-state index >= 15 is 0 Å². The topological polar surface area (TPSA) is 52.3 Å². The molecule has 0 amide bonds. The Labute approximate surface area is 99.6 Å². The number of hydrogen-bond acceptors (Lipinski definition) is 4. The summed E-state index contributed by atoms with van der Waals surface area (Å²) in [7, 11) is 1.42. The van der Waals surface area contributed by atoms with Crippen LogP contribution >= 0.6 is 11.3 Å². The molecule has 0 spiro atoms. The molecule has 2 rings (SSSR count). The molecule has 1 aliphatic carbocycles. The second-order valence-electron chi connectivity index (χ2n) is 4.96. The number of esters is 1. The van der Waals surface area contributed by atoms with Gasteiger partial charge in [0.15, 0.2) is 0 Å². The first-order valence-electron chi connectivity index (χ1n) is 5.37. The summed E-state index contributed by atoms with van der Waals surface area (Å²) in [5.74, 6) is -0.250. The van der Waals surface area contributed by atoms with Gasteiger partial charge in [0.25, 0.3) is 0 Å². The predicted molar refractivity (Wildman–Crippen MR) is 64.8 cm³/mol. The Morgan fingerprint density at radius 3 is 2.62 bits per heavy atom. The summed E-state index contributed by atoms with van der Waals surface area (Å²) >= 11 is 1.44. The van der Waals surface area contributed by atoms with Crippen LogP contribution in [0.15, 0.2) is 11.4 Å². The van der Waals surface area contributed by atoms with Crippen LogP contribution < -0.4 is 5.73 Å². The maximum atomic E-state index is 11.6. The first-order chi connectivity index (χ1) is 7.42. The molecule has 1 saturated carbocycles. The number of nitrogens with two attached hydrogens (primary N) is 1. The van der Waals surface area contributed by atoms with E-state index < -0.39 is 0 Å². The van der Waals surface area contributed by atoms with Gasteiger partial charge in [-0.25, -0.2) is 4.79 Å². The number of carbonyl (C=O) groups excluding carboxylic acids is 1. The van der Waals surface area contributed by atoms with E-state index in [-0.39, 0.29) is 16.9 Å². The fraction of sp³-hybridized carbons (Fsp3) is 0.583. The predicted octanol–water partition coefficient (Wildman–Crippen LogP) is 2.30. The molecule has 1 aliphatic rings. The molecule has 0 aliphatic heterocycles. The first kappa shape index (κ1) is 11.6. The average molecular weight is 239 g/mol. The average Bonchev–Trinajstić information content (AvgIpc) is 2.89. The number of thiophene rings is 1. The Hall–Kier alpha value is -0.870. The molecule has 0 saturated heterocycles. The van der Waals surface area contributed by atoms with Crippen molar-refractivity contribution in [1.82, 2.24) is 0 Å². The molecule has 4 heteroatoms. The Balaban J connectivity index is 2.43. The van der Waals surface area contributed by atoms with E-state index in [1.54, 1.807) is 0 Å². The minimum Gasteiger partial charge on any atom is -0.465 e. The molecule has 3 nitrogen and oxygen atoms in total. The zero-order valence-corrected chi connectivity index (χ0v) is 10.7. The highest BCUT2D eigenvalue weighted by molar-refractivity contribution is 7.12. The van der Waals surface area contributed by atoms with Crippen molar-refractivity contribution in [3.05, 3.63) is 21.9 Å². The zero-order chi connectivity index (χ0) is 12.0. The molecule has 1 heterocycles. The molecule has 1 fully saturated rings. The minimum absolute atomic E-state index is 0.0312. The number of rotatable bonds is 3. The second-order valence-corrected chi connectivity index (χ2v) is 5.87. The molecule has 0 aromatic carbocycles. The Bertz CT molecular complexity index is 413. The molecule has 1 aromatic rings. The van der Waals surface area contributed by atoms with Gasteiger partial charge >= 0.3 is 5.97 Å². The van der Waals surface area contributed by atoms with Gasteiger partial charge in [-0.2, -0.15) is 0 Å². The summed E-state index contributed by atoms with van der Waals surface area (Å²) in [5, 5.41) is 1.94. The summed E-state index contributed by atoms with van der Waals surface area (Å²) in [6.07, 6.45) is 2.11. The van der Waals surface area contributed by atoms with Gasteiger partial charge in [-0.1, -0.05) is 0 Å². The second kappa shape index (κ2) is 3.57. The highest BCUT2D eigenvalue weighted by atomic mass is 32.1. The van der Waals surface area contributed by atoms with E-state index in [0.29, 0.717) is 4.88 Å². The van der Waals surface area contributed by atoms with Gasteiger partial charge in [0.05, 0.1) is 7.11 Å². The van der Waals surface area contributed by atoms with Crippen molar-refractivity contribution in [1.29, 1.82) is 0 Å². The van der Waals surface area contributed by atoms with Crippen molar-refractivity contribution in [3.8, 4) is 0 Å². The van der Waals surface area contributed by atoms with Crippen LogP contribution in [0, 0.1) is 0 Å². The molecule has 0 bridgehead atoms. The Morgan fingerprint density at radius 1 is 1.56 bits per heavy atom. The maximum Gasteiger partial charge on any atom is 0.348 e. The number of hydrogen-bond donors (Lipinski definition) is 1. The van der Waals surface area contributed by atoms with Crippen molar-refractivity contribution in [2.24, 2.45) is 5.73 Å². The van der Waals surface area contributed by atoms with Gasteiger partial charge in [-0.15, -0.1) is 11.3 Å². The highest BCUT2D eigenvalue weighted by Crippen LogP contribution is 2.56. The van der Waals surface area contributed by atoms with Gasteiger partial charge < -0.3 is 10.5 Å². The number of methoxy groups -OCH3 is 1. The monoisotopic (exact) mass is 239 g/mol. The van der Waals surface area contributed by atoms with Gasteiger partial charge in [-0.3, -0.25) is 0 Å². The zero-order valence-electron chi connectivity index (χ0n) is 9.87. The highest BCUT2D eigenvalue weighted by Gasteiger charge is 2.55. The summed E-state index contributed by atoms with van der Waals surface area (Å²) in [6, 6.07) is 2.01. The summed E-state index contributed by atoms with van der Waals surface area (Å²) in [5.41, 5.74) is 6.97. The van der Waals surface area contributed by atoms with E-state index in [0.717, 1.165) is 18.4 Å². The molecule has 0 atom stereocenters. The Morgan fingerprint density at radius 2 is 2.19 bits per heavy atom. The lowest BCUT2D eigenvalue weighted by Crippen LogP contribution is -2.45. The summed E-state index contributed by atoms with van der Waals surface area (Å²) in [4.78, 5) is 12.4. The van der Waals surface area contributed by atoms with Crippen LogP contribution in [0.5, 0.6) is 0 Å². The molecule has 88 valence electrons. The first-order valence-corrected chi connectivity index (χ1v) is 6.25. The van der Waals surface area contributed by atoms with Crippen molar-refractivity contribution in [2.45, 2.75) is 37.6 Å². The summed E-state index contributed by atoms with van der Waals surface area (Å²) in [6.45, 7) is 4.05. The molecule has 0 radical (unpaired) electrons. The lowest BCUT2D eigenvalue weighted by atomic mass is 9.79. The molecular weight excluding hydrogens is 222 g/mol. The number of ether oxygens (including phenoxy) is 1. The molecule has 0 unspecified atom stereocenters. The third kappa shape index (κ3) is 1.57. The van der Waals surface area contributed by atoms with E-state index in [4.69, 9.17) is 10.5 Å². The standard InChI is InChI=1S/C12H17NO2S/c1-11(2,13)12(5-6-12)8-4-7-16-9(8)10(14)15-3/h4,7H,5-6,13H2,1-3H3. The largest absolute Gasteiger partial charge is 0.465 e. The lowest BCUT2D eigenvalue weighted by molar-refractivity contribution is 0.0604. The maximum absolute atomic E-state index is 11.6. The lowest BCUT2D eigenvalue weighted by Gasteiger charge is -2.31. The third-order valence-electron chi connectivity index (χ3n) is 3.53. The van der Waals surface area contributed by atoms with Crippen LogP contribution in [-0.4, -0.2) is 18.6 Å². The van der Waals surface area contributed by atoms with E-state index in [9.17, 15) is 4.79 Å². The van der Waals surface area contributed by atoms with Gasteiger partial charge in [0.1, 0.15) is 4.88 Å². The van der Waals surface area contributed by atoms with Crippen LogP contribution in [0.4, 0.5) is 0 Å².